The summed E-state index contributed by atoms with van der Waals surface area (Å²) in [5, 5.41) is 7.62. The largest absolute Gasteiger partial charge is 0.467 e. The predicted molar refractivity (Wildman–Crippen MR) is 65.6 cm³/mol. The first-order chi connectivity index (χ1) is 7.13. The number of hydrogen-bond acceptors (Lipinski definition) is 2. The zero-order valence-electron chi connectivity index (χ0n) is 9.01. The fourth-order valence-electron chi connectivity index (χ4n) is 1.12. The van der Waals surface area contributed by atoms with Crippen LogP contribution < -0.4 is 11.5 Å². The number of hydrogen-bond donors (Lipinski definition) is 3. The summed E-state index contributed by atoms with van der Waals surface area (Å²) in [7, 11) is 0. The molecular weight excluding hydrogens is 230 g/mol. The van der Waals surface area contributed by atoms with Crippen LogP contribution in [0.5, 0.6) is 0 Å². The van der Waals surface area contributed by atoms with Crippen LogP contribution in [0.15, 0.2) is 27.8 Å². The molecule has 0 aliphatic carbocycles. The van der Waals surface area contributed by atoms with Gasteiger partial charge in [-0.25, -0.2) is 0 Å². The summed E-state index contributed by atoms with van der Waals surface area (Å²) >= 11 is 0. The highest BCUT2D eigenvalue weighted by Gasteiger charge is 2.09. The zero-order chi connectivity index (χ0) is 11.3. The summed E-state index contributed by atoms with van der Waals surface area (Å²) < 4.78 is 5.17. The Morgan fingerprint density at radius 3 is 2.69 bits per heavy atom. The molecule has 6 nitrogen and oxygen atoms in total. The number of guanidine groups is 2. The van der Waals surface area contributed by atoms with E-state index >= 15 is 0 Å². The summed E-state index contributed by atoms with van der Waals surface area (Å²) in [6.07, 6.45) is 1.59. The molecule has 0 aliphatic rings. The fourth-order valence-corrected chi connectivity index (χ4v) is 1.12. The molecular formula is C9H16ClN5O. The van der Waals surface area contributed by atoms with Gasteiger partial charge in [-0.1, -0.05) is 0 Å². The molecule has 90 valence electrons. The lowest BCUT2D eigenvalue weighted by Crippen LogP contribution is -2.32. The molecule has 0 aliphatic heterocycles. The van der Waals surface area contributed by atoms with Gasteiger partial charge in [0.05, 0.1) is 12.8 Å². The lowest BCUT2D eigenvalue weighted by Gasteiger charge is -2.19. The van der Waals surface area contributed by atoms with E-state index in [0.717, 1.165) is 5.76 Å². The van der Waals surface area contributed by atoms with Gasteiger partial charge < -0.3 is 20.8 Å². The Bertz CT molecular complexity index is 345. The Morgan fingerprint density at radius 1 is 1.56 bits per heavy atom. The van der Waals surface area contributed by atoms with E-state index in [1.807, 2.05) is 13.0 Å². The van der Waals surface area contributed by atoms with Gasteiger partial charge >= 0.3 is 0 Å². The molecule has 0 amide bonds. The molecule has 0 unspecified atom stereocenters. The van der Waals surface area contributed by atoms with Crippen molar-refractivity contribution in [2.75, 3.05) is 6.54 Å². The lowest BCUT2D eigenvalue weighted by atomic mass is 10.4. The van der Waals surface area contributed by atoms with Crippen molar-refractivity contribution in [2.45, 2.75) is 13.5 Å². The number of nitrogens with one attached hydrogen (secondary N) is 1. The Labute approximate surface area is 100 Å². The van der Waals surface area contributed by atoms with Crippen molar-refractivity contribution in [1.29, 1.82) is 5.41 Å². The Balaban J connectivity index is 0.00000225. The van der Waals surface area contributed by atoms with Crippen LogP contribution in [0.4, 0.5) is 0 Å². The second kappa shape index (κ2) is 6.73. The molecule has 1 heterocycles. The molecule has 5 N–H and O–H groups in total. The summed E-state index contributed by atoms with van der Waals surface area (Å²) in [4.78, 5) is 5.36. The van der Waals surface area contributed by atoms with Crippen LogP contribution in [-0.2, 0) is 6.54 Å². The zero-order valence-corrected chi connectivity index (χ0v) is 9.83. The van der Waals surface area contributed by atoms with Crippen molar-refractivity contribution in [3.05, 3.63) is 24.2 Å². The standard InChI is InChI=1S/C9H15N5O.ClH/c1-2-14(9(12)13-8(10)11)6-7-4-3-5-15-7;/h3-5H,2,6H2,1H3,(H5,10,11,12,13);1H. The van der Waals surface area contributed by atoms with Crippen molar-refractivity contribution in [1.82, 2.24) is 4.90 Å². The molecule has 1 rings (SSSR count). The first kappa shape index (κ1) is 14.3. The number of nitrogens with two attached hydrogens (primary N) is 2. The van der Waals surface area contributed by atoms with E-state index in [4.69, 9.17) is 21.3 Å². The first-order valence-corrected chi connectivity index (χ1v) is 4.59. The highest BCUT2D eigenvalue weighted by molar-refractivity contribution is 5.91. The van der Waals surface area contributed by atoms with Gasteiger partial charge in [0.15, 0.2) is 5.96 Å². The van der Waals surface area contributed by atoms with E-state index in [1.165, 1.54) is 0 Å². The van der Waals surface area contributed by atoms with Crippen molar-refractivity contribution < 1.29 is 4.42 Å². The molecule has 0 aromatic carbocycles. The van der Waals surface area contributed by atoms with Crippen LogP contribution in [0.25, 0.3) is 0 Å². The summed E-state index contributed by atoms with van der Waals surface area (Å²) in [6.45, 7) is 3.04. The van der Waals surface area contributed by atoms with E-state index in [2.05, 4.69) is 4.99 Å². The van der Waals surface area contributed by atoms with Crippen molar-refractivity contribution in [3.63, 3.8) is 0 Å². The number of furan rings is 1. The normalized spacial score (nSPS) is 9.06. The molecule has 0 spiro atoms. The monoisotopic (exact) mass is 245 g/mol. The average molecular weight is 246 g/mol. The minimum absolute atomic E-state index is 0. The number of aliphatic imine (C=N–C) groups is 1. The van der Waals surface area contributed by atoms with Crippen LogP contribution in [0.1, 0.15) is 12.7 Å². The molecule has 0 saturated carbocycles. The van der Waals surface area contributed by atoms with Gasteiger partial charge in [-0.05, 0) is 19.1 Å². The molecule has 1 aromatic rings. The SMILES string of the molecule is CCN(Cc1ccco1)C(=N)N=C(N)N.Cl. The molecule has 0 fully saturated rings. The maximum absolute atomic E-state index is 7.62. The second-order valence-corrected chi connectivity index (χ2v) is 2.95. The number of rotatable bonds is 3. The van der Waals surface area contributed by atoms with Crippen molar-refractivity contribution in [2.24, 2.45) is 16.5 Å². The smallest absolute Gasteiger partial charge is 0.221 e. The third-order valence-electron chi connectivity index (χ3n) is 1.84. The molecule has 16 heavy (non-hydrogen) atoms. The number of nitrogens with zero attached hydrogens (tertiary/aromatic N) is 2. The Kier molecular flexibility index (Phi) is 6.02. The van der Waals surface area contributed by atoms with E-state index in [9.17, 15) is 0 Å². The molecule has 7 heteroatoms. The van der Waals surface area contributed by atoms with Gasteiger partial charge in [0.25, 0.3) is 0 Å². The third kappa shape index (κ3) is 4.22. The summed E-state index contributed by atoms with van der Waals surface area (Å²) in [5.74, 6) is 0.694. The molecule has 0 radical (unpaired) electrons. The first-order valence-electron chi connectivity index (χ1n) is 4.59. The summed E-state index contributed by atoms with van der Waals surface area (Å²) in [5.41, 5.74) is 10.4. The van der Waals surface area contributed by atoms with Gasteiger partial charge in [0.1, 0.15) is 5.76 Å². The highest BCUT2D eigenvalue weighted by Crippen LogP contribution is 2.05. The predicted octanol–water partition coefficient (Wildman–Crippen LogP) is 0.731. The van der Waals surface area contributed by atoms with Crippen LogP contribution in [0.2, 0.25) is 0 Å². The molecule has 0 atom stereocenters. The van der Waals surface area contributed by atoms with E-state index in [0.29, 0.717) is 13.1 Å². The average Bonchev–Trinajstić information content (AvgIpc) is 2.65. The van der Waals surface area contributed by atoms with Gasteiger partial charge in [-0.3, -0.25) is 5.41 Å². The number of halogens is 1. The van der Waals surface area contributed by atoms with Gasteiger partial charge in [0.2, 0.25) is 5.96 Å². The fraction of sp³-hybridized carbons (Fsp3) is 0.333. The van der Waals surface area contributed by atoms with E-state index in [1.54, 1.807) is 17.2 Å². The van der Waals surface area contributed by atoms with Crippen LogP contribution in [0, 0.1) is 5.41 Å². The minimum atomic E-state index is -0.113. The van der Waals surface area contributed by atoms with Gasteiger partial charge in [0, 0.05) is 6.54 Å². The van der Waals surface area contributed by atoms with Gasteiger partial charge in [-0.15, -0.1) is 12.4 Å². The van der Waals surface area contributed by atoms with E-state index in [-0.39, 0.29) is 24.3 Å². The van der Waals surface area contributed by atoms with Gasteiger partial charge in [-0.2, -0.15) is 4.99 Å². The molecule has 1 aromatic heterocycles. The maximum atomic E-state index is 7.62. The molecule has 0 bridgehead atoms. The Hall–Kier alpha value is -1.69. The van der Waals surface area contributed by atoms with Crippen LogP contribution in [-0.4, -0.2) is 23.4 Å². The quantitative estimate of drug-likeness (QED) is 0.539. The maximum Gasteiger partial charge on any atom is 0.221 e. The minimum Gasteiger partial charge on any atom is -0.467 e. The van der Waals surface area contributed by atoms with Crippen molar-refractivity contribution >= 4 is 24.3 Å². The lowest BCUT2D eigenvalue weighted by molar-refractivity contribution is 0.370. The van der Waals surface area contributed by atoms with Crippen LogP contribution in [0.3, 0.4) is 0 Å². The van der Waals surface area contributed by atoms with Crippen molar-refractivity contribution in [3.8, 4) is 0 Å². The third-order valence-corrected chi connectivity index (χ3v) is 1.84. The highest BCUT2D eigenvalue weighted by atomic mass is 35.5. The van der Waals surface area contributed by atoms with E-state index < -0.39 is 0 Å². The molecule has 0 saturated heterocycles. The second-order valence-electron chi connectivity index (χ2n) is 2.95. The topological polar surface area (TPSA) is 105 Å². The summed E-state index contributed by atoms with van der Waals surface area (Å²) in [6, 6.07) is 3.64. The van der Waals surface area contributed by atoms with Crippen LogP contribution >= 0.6 is 12.4 Å². The Morgan fingerprint density at radius 2 is 2.25 bits per heavy atom.